The molecule has 0 unspecified atom stereocenters. The molecule has 1 amide bonds. The van der Waals surface area contributed by atoms with Crippen LogP contribution in [0.4, 0.5) is 11.4 Å². The molecule has 1 heterocycles. The minimum atomic E-state index is -3.84. The first-order valence-corrected chi connectivity index (χ1v) is 11.4. The number of nitrogens with one attached hydrogen (secondary N) is 1. The Morgan fingerprint density at radius 1 is 1.25 bits per heavy atom. The first kappa shape index (κ1) is 23.6. The van der Waals surface area contributed by atoms with Crippen LogP contribution < -0.4 is 5.32 Å². The Labute approximate surface area is 191 Å². The van der Waals surface area contributed by atoms with Gasteiger partial charge in [-0.2, -0.15) is 0 Å². The number of carbonyl (C=O) groups excluding carboxylic acids is 1. The highest BCUT2D eigenvalue weighted by atomic mass is 35.5. The molecule has 3 rings (SSSR count). The zero-order chi connectivity index (χ0) is 23.6. The zero-order valence-corrected chi connectivity index (χ0v) is 19.3. The zero-order valence-electron chi connectivity index (χ0n) is 16.9. The number of sulfonamides is 1. The van der Waals surface area contributed by atoms with Gasteiger partial charge in [0.05, 0.1) is 14.8 Å². The van der Waals surface area contributed by atoms with Gasteiger partial charge in [-0.3, -0.25) is 14.9 Å². The third-order valence-corrected chi connectivity index (χ3v) is 7.54. The molecule has 12 nitrogen and oxygen atoms in total. The Morgan fingerprint density at radius 2 is 1.97 bits per heavy atom. The summed E-state index contributed by atoms with van der Waals surface area (Å²) in [5.41, 5.74) is -0.146. The van der Waals surface area contributed by atoms with Crippen LogP contribution in [0.25, 0.3) is 0 Å². The van der Waals surface area contributed by atoms with E-state index in [1.807, 2.05) is 0 Å². The molecule has 0 fully saturated rings. The predicted molar refractivity (Wildman–Crippen MR) is 116 cm³/mol. The van der Waals surface area contributed by atoms with E-state index in [1.165, 1.54) is 49.1 Å². The number of nitrogens with zero attached hydrogens (tertiary/aromatic N) is 6. The van der Waals surface area contributed by atoms with Gasteiger partial charge in [0.1, 0.15) is 4.90 Å². The fraction of sp³-hybridized carbons (Fsp3) is 0.176. The number of rotatable bonds is 7. The third kappa shape index (κ3) is 4.88. The van der Waals surface area contributed by atoms with Crippen molar-refractivity contribution in [2.75, 3.05) is 19.4 Å². The lowest BCUT2D eigenvalue weighted by atomic mass is 10.2. The van der Waals surface area contributed by atoms with Gasteiger partial charge in [-0.15, -0.1) is 5.10 Å². The number of amides is 1. The van der Waals surface area contributed by atoms with Gasteiger partial charge in [-0.25, -0.2) is 17.4 Å². The van der Waals surface area contributed by atoms with Gasteiger partial charge in [-0.1, -0.05) is 11.6 Å². The molecule has 0 bridgehead atoms. The lowest BCUT2D eigenvalue weighted by Crippen LogP contribution is -2.23. The fourth-order valence-corrected chi connectivity index (χ4v) is 4.68. The van der Waals surface area contributed by atoms with Gasteiger partial charge >= 0.3 is 0 Å². The van der Waals surface area contributed by atoms with Gasteiger partial charge < -0.3 is 5.32 Å². The third-order valence-electron chi connectivity index (χ3n) is 4.15. The molecule has 168 valence electrons. The Bertz CT molecular complexity index is 1310. The van der Waals surface area contributed by atoms with E-state index in [0.29, 0.717) is 5.16 Å². The molecule has 2 aromatic carbocycles. The van der Waals surface area contributed by atoms with Crippen molar-refractivity contribution in [2.45, 2.75) is 14.9 Å². The molecule has 1 aromatic heterocycles. The monoisotopic (exact) mass is 497 g/mol. The number of anilines is 1. The van der Waals surface area contributed by atoms with E-state index in [2.05, 4.69) is 20.8 Å². The number of tetrazole rings is 1. The van der Waals surface area contributed by atoms with Crippen molar-refractivity contribution in [1.82, 2.24) is 24.5 Å². The number of aromatic nitrogens is 4. The van der Waals surface area contributed by atoms with Crippen LogP contribution in [0.1, 0.15) is 10.4 Å². The molecule has 0 saturated carbocycles. The SMILES string of the molecule is CN(C)S(=O)(=O)c1cc(NC(=O)c2ccc(Sc3nnnn3C)c([N+](=O)[O-])c2)ccc1Cl. The number of aryl methyl sites for hydroxylation is 1. The van der Waals surface area contributed by atoms with Crippen molar-refractivity contribution in [2.24, 2.45) is 7.05 Å². The molecule has 0 aliphatic rings. The topological polar surface area (TPSA) is 153 Å². The standard InChI is InChI=1S/C17H16ClN7O5S2/c1-23(2)32(29,30)15-9-11(5-6-12(15)18)19-16(26)10-4-7-14(13(8-10)25(27)28)31-17-20-21-22-24(17)3/h4-9H,1-3H3,(H,19,26). The molecule has 15 heteroatoms. The van der Waals surface area contributed by atoms with Gasteiger partial charge in [0, 0.05) is 38.5 Å². The average molecular weight is 498 g/mol. The summed E-state index contributed by atoms with van der Waals surface area (Å²) in [4.78, 5) is 23.7. The maximum absolute atomic E-state index is 12.7. The highest BCUT2D eigenvalue weighted by Crippen LogP contribution is 2.34. The summed E-state index contributed by atoms with van der Waals surface area (Å²) >= 11 is 6.99. The minimum Gasteiger partial charge on any atom is -0.322 e. The summed E-state index contributed by atoms with van der Waals surface area (Å²) in [6, 6.07) is 7.92. The lowest BCUT2D eigenvalue weighted by Gasteiger charge is -2.14. The molecule has 0 atom stereocenters. The van der Waals surface area contributed by atoms with Crippen LogP contribution >= 0.6 is 23.4 Å². The summed E-state index contributed by atoms with van der Waals surface area (Å²) in [5.74, 6) is -0.666. The molecule has 32 heavy (non-hydrogen) atoms. The van der Waals surface area contributed by atoms with Crippen molar-refractivity contribution < 1.29 is 18.1 Å². The number of carbonyl (C=O) groups is 1. The van der Waals surface area contributed by atoms with Gasteiger partial charge in [0.25, 0.3) is 11.6 Å². The number of nitro groups is 1. The summed E-state index contributed by atoms with van der Waals surface area (Å²) in [6.45, 7) is 0. The minimum absolute atomic E-state index is 0.00380. The Kier molecular flexibility index (Phi) is 6.78. The van der Waals surface area contributed by atoms with Crippen LogP contribution in [-0.2, 0) is 17.1 Å². The van der Waals surface area contributed by atoms with Crippen LogP contribution in [0, 0.1) is 10.1 Å². The van der Waals surface area contributed by atoms with Crippen molar-refractivity contribution >= 4 is 50.7 Å². The number of benzene rings is 2. The first-order chi connectivity index (χ1) is 15.0. The highest BCUT2D eigenvalue weighted by Gasteiger charge is 2.23. The summed E-state index contributed by atoms with van der Waals surface area (Å²) in [6.07, 6.45) is 0. The number of nitro benzene ring substituents is 1. The van der Waals surface area contributed by atoms with Crippen LogP contribution in [0.3, 0.4) is 0 Å². The smallest absolute Gasteiger partial charge is 0.284 e. The van der Waals surface area contributed by atoms with E-state index in [0.717, 1.165) is 22.1 Å². The number of halogens is 1. The van der Waals surface area contributed by atoms with Gasteiger partial charge in [-0.05, 0) is 52.5 Å². The van der Waals surface area contributed by atoms with Crippen LogP contribution in [-0.4, -0.2) is 57.9 Å². The highest BCUT2D eigenvalue weighted by molar-refractivity contribution is 7.99. The number of hydrogen-bond acceptors (Lipinski definition) is 9. The Hall–Kier alpha value is -3.07. The van der Waals surface area contributed by atoms with E-state index in [-0.39, 0.29) is 31.8 Å². The molecule has 0 aliphatic heterocycles. The molecule has 0 spiro atoms. The molecule has 0 radical (unpaired) electrons. The van der Waals surface area contributed by atoms with E-state index in [1.54, 1.807) is 7.05 Å². The van der Waals surface area contributed by atoms with E-state index in [9.17, 15) is 23.3 Å². The summed E-state index contributed by atoms with van der Waals surface area (Å²) in [7, 11) is 0.455. The second kappa shape index (κ2) is 9.20. The van der Waals surface area contributed by atoms with Crippen LogP contribution in [0.5, 0.6) is 0 Å². The fourth-order valence-electron chi connectivity index (χ4n) is 2.47. The number of hydrogen-bond donors (Lipinski definition) is 1. The van der Waals surface area contributed by atoms with E-state index < -0.39 is 20.9 Å². The van der Waals surface area contributed by atoms with Crippen molar-refractivity contribution in [3.63, 3.8) is 0 Å². The van der Waals surface area contributed by atoms with Crippen molar-refractivity contribution in [3.8, 4) is 0 Å². The van der Waals surface area contributed by atoms with E-state index >= 15 is 0 Å². The largest absolute Gasteiger partial charge is 0.322 e. The molecule has 0 aliphatic carbocycles. The molecular weight excluding hydrogens is 482 g/mol. The van der Waals surface area contributed by atoms with Gasteiger partial charge in [0.15, 0.2) is 0 Å². The van der Waals surface area contributed by atoms with Crippen molar-refractivity contribution in [3.05, 3.63) is 57.1 Å². The molecule has 0 saturated heterocycles. The average Bonchev–Trinajstić information content (AvgIpc) is 3.13. The maximum Gasteiger partial charge on any atom is 0.284 e. The summed E-state index contributed by atoms with van der Waals surface area (Å²) in [5, 5.41) is 25.3. The Balaban J connectivity index is 1.89. The normalized spacial score (nSPS) is 11.5. The second-order valence-electron chi connectivity index (χ2n) is 6.51. The second-order valence-corrected chi connectivity index (χ2v) is 10.1. The Morgan fingerprint density at radius 3 is 2.56 bits per heavy atom. The van der Waals surface area contributed by atoms with Crippen LogP contribution in [0.15, 0.2) is 51.3 Å². The first-order valence-electron chi connectivity index (χ1n) is 8.73. The predicted octanol–water partition coefficient (Wildman–Crippen LogP) is 2.43. The van der Waals surface area contributed by atoms with Gasteiger partial charge in [0.2, 0.25) is 15.2 Å². The molecule has 1 N–H and O–H groups in total. The maximum atomic E-state index is 12.7. The molecule has 3 aromatic rings. The van der Waals surface area contributed by atoms with E-state index in [4.69, 9.17) is 11.6 Å². The quantitative estimate of drug-likeness (QED) is 0.382. The summed E-state index contributed by atoms with van der Waals surface area (Å²) < 4.78 is 27.2. The lowest BCUT2D eigenvalue weighted by molar-refractivity contribution is -0.387. The van der Waals surface area contributed by atoms with Crippen LogP contribution in [0.2, 0.25) is 5.02 Å². The molecular formula is C17H16ClN7O5S2. The van der Waals surface area contributed by atoms with Crippen molar-refractivity contribution in [1.29, 1.82) is 0 Å².